The van der Waals surface area contributed by atoms with Crippen LogP contribution in [0.1, 0.15) is 36.7 Å². The summed E-state index contributed by atoms with van der Waals surface area (Å²) in [6, 6.07) is 16.7. The van der Waals surface area contributed by atoms with Crippen LogP contribution >= 0.6 is 0 Å². The van der Waals surface area contributed by atoms with Gasteiger partial charge in [0.05, 0.1) is 0 Å². The summed E-state index contributed by atoms with van der Waals surface area (Å²) in [5.41, 5.74) is 2.18. The molecule has 0 saturated carbocycles. The van der Waals surface area contributed by atoms with Gasteiger partial charge in [-0.05, 0) is 24.6 Å². The molecule has 0 aliphatic heterocycles. The summed E-state index contributed by atoms with van der Waals surface area (Å²) in [5.74, 6) is -0.0285. The highest BCUT2D eigenvalue weighted by Gasteiger charge is 2.21. The van der Waals surface area contributed by atoms with Crippen molar-refractivity contribution in [1.82, 2.24) is 5.32 Å². The standard InChI is InChI=1S/C19H22N2O2/c1-14(22)15-8-7-11-17(12-15)21-18(23)20-13-19(2,3)16-9-5-4-6-10-16/h4-12H,13H2,1-3H3,(H2,20,21,23). The van der Waals surface area contributed by atoms with E-state index < -0.39 is 0 Å². The number of anilines is 1. The number of urea groups is 1. The highest BCUT2D eigenvalue weighted by molar-refractivity contribution is 5.96. The van der Waals surface area contributed by atoms with E-state index in [4.69, 9.17) is 0 Å². The third-order valence-corrected chi connectivity index (χ3v) is 3.77. The Kier molecular flexibility index (Phi) is 5.16. The first kappa shape index (κ1) is 16.7. The molecule has 0 fully saturated rings. The van der Waals surface area contributed by atoms with Gasteiger partial charge < -0.3 is 10.6 Å². The van der Waals surface area contributed by atoms with E-state index in [2.05, 4.69) is 36.6 Å². The number of ketones is 1. The van der Waals surface area contributed by atoms with Gasteiger partial charge in [-0.1, -0.05) is 56.3 Å². The van der Waals surface area contributed by atoms with Crippen molar-refractivity contribution in [1.29, 1.82) is 0 Å². The summed E-state index contributed by atoms with van der Waals surface area (Å²) in [5, 5.41) is 5.64. The minimum absolute atomic E-state index is 0.0285. The van der Waals surface area contributed by atoms with E-state index in [9.17, 15) is 9.59 Å². The first-order valence-corrected chi connectivity index (χ1v) is 7.60. The van der Waals surface area contributed by atoms with Crippen molar-refractivity contribution in [3.63, 3.8) is 0 Å². The van der Waals surface area contributed by atoms with Crippen molar-refractivity contribution < 1.29 is 9.59 Å². The molecule has 0 bridgehead atoms. The average molecular weight is 310 g/mol. The van der Waals surface area contributed by atoms with Crippen molar-refractivity contribution in [3.8, 4) is 0 Å². The molecule has 0 heterocycles. The lowest BCUT2D eigenvalue weighted by Crippen LogP contribution is -2.38. The molecule has 2 aromatic rings. The molecule has 23 heavy (non-hydrogen) atoms. The summed E-state index contributed by atoms with van der Waals surface area (Å²) in [7, 11) is 0. The first-order valence-electron chi connectivity index (χ1n) is 7.60. The molecular formula is C19H22N2O2. The molecule has 0 unspecified atom stereocenters. The monoisotopic (exact) mass is 310 g/mol. The quantitative estimate of drug-likeness (QED) is 0.820. The third kappa shape index (κ3) is 4.68. The summed E-state index contributed by atoms with van der Waals surface area (Å²) in [6.07, 6.45) is 0. The Balaban J connectivity index is 1.95. The van der Waals surface area contributed by atoms with Gasteiger partial charge in [-0.15, -0.1) is 0 Å². The number of Topliss-reactive ketones (excluding diaryl/α,β-unsaturated/α-hetero) is 1. The lowest BCUT2D eigenvalue weighted by molar-refractivity contribution is 0.101. The van der Waals surface area contributed by atoms with Crippen molar-refractivity contribution in [2.75, 3.05) is 11.9 Å². The molecule has 0 saturated heterocycles. The number of hydrogen-bond acceptors (Lipinski definition) is 2. The van der Waals surface area contributed by atoms with Gasteiger partial charge in [0.1, 0.15) is 0 Å². The minimum Gasteiger partial charge on any atom is -0.337 e. The van der Waals surface area contributed by atoms with Crippen molar-refractivity contribution >= 4 is 17.5 Å². The fourth-order valence-electron chi connectivity index (χ4n) is 2.28. The van der Waals surface area contributed by atoms with Crippen LogP contribution < -0.4 is 10.6 Å². The molecule has 0 aliphatic rings. The van der Waals surface area contributed by atoms with Crippen molar-refractivity contribution in [2.45, 2.75) is 26.2 Å². The fraction of sp³-hybridized carbons (Fsp3) is 0.263. The zero-order chi connectivity index (χ0) is 16.9. The Morgan fingerprint density at radius 2 is 1.70 bits per heavy atom. The Hall–Kier alpha value is -2.62. The first-order chi connectivity index (χ1) is 10.9. The SMILES string of the molecule is CC(=O)c1cccc(NC(=O)NCC(C)(C)c2ccccc2)c1. The lowest BCUT2D eigenvalue weighted by Gasteiger charge is -2.25. The maximum Gasteiger partial charge on any atom is 0.319 e. The number of carbonyl (C=O) groups excluding carboxylic acids is 2. The predicted molar refractivity (Wildman–Crippen MR) is 92.9 cm³/mol. The summed E-state index contributed by atoms with van der Waals surface area (Å²) in [6.45, 7) is 6.18. The van der Waals surface area contributed by atoms with E-state index in [1.54, 1.807) is 24.3 Å². The maximum absolute atomic E-state index is 12.1. The van der Waals surface area contributed by atoms with Gasteiger partial charge in [0.2, 0.25) is 0 Å². The highest BCUT2D eigenvalue weighted by Crippen LogP contribution is 2.21. The van der Waals surface area contributed by atoms with Gasteiger partial charge in [0, 0.05) is 23.2 Å². The molecule has 2 N–H and O–H groups in total. The Bertz CT molecular complexity index is 694. The fourth-order valence-corrected chi connectivity index (χ4v) is 2.28. The van der Waals surface area contributed by atoms with Gasteiger partial charge in [0.15, 0.2) is 5.78 Å². The predicted octanol–water partition coefficient (Wildman–Crippen LogP) is 3.99. The van der Waals surface area contributed by atoms with E-state index >= 15 is 0 Å². The van der Waals surface area contributed by atoms with Crippen LogP contribution in [0.4, 0.5) is 10.5 Å². The second-order valence-corrected chi connectivity index (χ2v) is 6.19. The number of carbonyl (C=O) groups is 2. The van der Waals surface area contributed by atoms with Crippen LogP contribution in [0, 0.1) is 0 Å². The van der Waals surface area contributed by atoms with Gasteiger partial charge >= 0.3 is 6.03 Å². The Morgan fingerprint density at radius 1 is 1.00 bits per heavy atom. The molecule has 4 nitrogen and oxygen atoms in total. The Labute approximate surface area is 136 Å². The van der Waals surface area contributed by atoms with Gasteiger partial charge in [-0.3, -0.25) is 4.79 Å². The zero-order valence-electron chi connectivity index (χ0n) is 13.7. The molecule has 0 aliphatic carbocycles. The number of hydrogen-bond donors (Lipinski definition) is 2. The normalized spacial score (nSPS) is 10.9. The van der Waals surface area contributed by atoms with Crippen molar-refractivity contribution in [2.24, 2.45) is 0 Å². The van der Waals surface area contributed by atoms with Crippen LogP contribution in [0.3, 0.4) is 0 Å². The van der Waals surface area contributed by atoms with Crippen LogP contribution in [0.5, 0.6) is 0 Å². The smallest absolute Gasteiger partial charge is 0.319 e. The number of benzene rings is 2. The van der Waals surface area contributed by atoms with E-state index in [1.165, 1.54) is 12.5 Å². The molecular weight excluding hydrogens is 288 g/mol. The molecule has 0 radical (unpaired) electrons. The molecule has 0 aromatic heterocycles. The summed E-state index contributed by atoms with van der Waals surface area (Å²) < 4.78 is 0. The Morgan fingerprint density at radius 3 is 2.35 bits per heavy atom. The van der Waals surface area contributed by atoms with E-state index in [0.717, 1.165) is 0 Å². The number of nitrogens with one attached hydrogen (secondary N) is 2. The van der Waals surface area contributed by atoms with Crippen LogP contribution in [0.15, 0.2) is 54.6 Å². The molecule has 0 atom stereocenters. The van der Waals surface area contributed by atoms with Crippen molar-refractivity contribution in [3.05, 3.63) is 65.7 Å². The molecule has 4 heteroatoms. The topological polar surface area (TPSA) is 58.2 Å². The highest BCUT2D eigenvalue weighted by atomic mass is 16.2. The van der Waals surface area contributed by atoms with Crippen LogP contribution in [-0.4, -0.2) is 18.4 Å². The molecule has 0 spiro atoms. The van der Waals surface area contributed by atoms with Gasteiger partial charge in [-0.2, -0.15) is 0 Å². The minimum atomic E-state index is -0.283. The van der Waals surface area contributed by atoms with Crippen LogP contribution in [-0.2, 0) is 5.41 Å². The lowest BCUT2D eigenvalue weighted by atomic mass is 9.85. The van der Waals surface area contributed by atoms with Gasteiger partial charge in [-0.25, -0.2) is 4.79 Å². The maximum atomic E-state index is 12.1. The molecule has 2 rings (SSSR count). The molecule has 2 amide bonds. The molecule has 120 valence electrons. The average Bonchev–Trinajstić information content (AvgIpc) is 2.54. The van der Waals surface area contributed by atoms with E-state index in [-0.39, 0.29) is 17.2 Å². The molecule has 2 aromatic carbocycles. The number of amides is 2. The largest absolute Gasteiger partial charge is 0.337 e. The van der Waals surface area contributed by atoms with E-state index in [0.29, 0.717) is 17.8 Å². The third-order valence-electron chi connectivity index (χ3n) is 3.77. The van der Waals surface area contributed by atoms with E-state index in [1.807, 2.05) is 18.2 Å². The van der Waals surface area contributed by atoms with Crippen LogP contribution in [0.2, 0.25) is 0 Å². The number of rotatable bonds is 5. The second kappa shape index (κ2) is 7.09. The summed E-state index contributed by atoms with van der Waals surface area (Å²) >= 11 is 0. The van der Waals surface area contributed by atoms with Gasteiger partial charge in [0.25, 0.3) is 0 Å². The zero-order valence-corrected chi connectivity index (χ0v) is 13.7. The van der Waals surface area contributed by atoms with Crippen LogP contribution in [0.25, 0.3) is 0 Å². The second-order valence-electron chi connectivity index (χ2n) is 6.19. The summed E-state index contributed by atoms with van der Waals surface area (Å²) in [4.78, 5) is 23.4.